The van der Waals surface area contributed by atoms with E-state index < -0.39 is 17.0 Å². The number of carboxylic acids is 1. The fourth-order valence-electron chi connectivity index (χ4n) is 4.19. The first-order valence-corrected chi connectivity index (χ1v) is 13.9. The molecule has 0 amide bonds. The highest BCUT2D eigenvalue weighted by molar-refractivity contribution is 7.85. The summed E-state index contributed by atoms with van der Waals surface area (Å²) in [6.45, 7) is 4.17. The zero-order valence-electron chi connectivity index (χ0n) is 20.3. The van der Waals surface area contributed by atoms with Gasteiger partial charge in [-0.15, -0.1) is 17.3 Å². The van der Waals surface area contributed by atoms with Crippen LogP contribution in [0.1, 0.15) is 36.0 Å². The lowest BCUT2D eigenvalue weighted by Crippen LogP contribution is -2.04. The Labute approximate surface area is 217 Å². The van der Waals surface area contributed by atoms with Crippen LogP contribution < -0.4 is 9.46 Å². The standard InChI is InChI=1S/C29H27NO4S2/c1-4-6-22(16-28(31)32)21-10-12-23(13-11-21)34-17-20-9-14-27-24(15-20)25(18-35-27)29-19(2)7-5-8-26(29)30-36(3)33/h5,7-15,18,22,30H,16-17H2,1-3H3,(H,31,32). The summed E-state index contributed by atoms with van der Waals surface area (Å²) in [6, 6.07) is 19.8. The zero-order chi connectivity index (χ0) is 25.7. The number of hydrogen-bond acceptors (Lipinski definition) is 4. The first kappa shape index (κ1) is 25.5. The van der Waals surface area contributed by atoms with Crippen molar-refractivity contribution < 1.29 is 18.8 Å². The van der Waals surface area contributed by atoms with Gasteiger partial charge >= 0.3 is 5.97 Å². The maximum Gasteiger partial charge on any atom is 0.304 e. The van der Waals surface area contributed by atoms with Gasteiger partial charge in [0.2, 0.25) is 0 Å². The minimum atomic E-state index is -1.17. The number of hydrogen-bond donors (Lipinski definition) is 2. The summed E-state index contributed by atoms with van der Waals surface area (Å²) in [7, 11) is -1.17. The summed E-state index contributed by atoms with van der Waals surface area (Å²) in [5, 5.41) is 12.4. The maximum atomic E-state index is 11.9. The normalized spacial score (nSPS) is 12.4. The number of carbonyl (C=O) groups is 1. The maximum absolute atomic E-state index is 11.9. The predicted molar refractivity (Wildman–Crippen MR) is 149 cm³/mol. The third-order valence-corrected chi connectivity index (χ3v) is 7.29. The Balaban J connectivity index is 1.56. The summed E-state index contributed by atoms with van der Waals surface area (Å²) in [4.78, 5) is 11.1. The van der Waals surface area contributed by atoms with Crippen LogP contribution in [0.15, 0.2) is 66.0 Å². The summed E-state index contributed by atoms with van der Waals surface area (Å²) < 4.78 is 22.2. The average molecular weight is 518 g/mol. The summed E-state index contributed by atoms with van der Waals surface area (Å²) in [5.41, 5.74) is 6.02. The van der Waals surface area contributed by atoms with Gasteiger partial charge in [-0.05, 0) is 66.2 Å². The molecule has 1 aromatic heterocycles. The van der Waals surface area contributed by atoms with E-state index in [1.807, 2.05) is 36.4 Å². The van der Waals surface area contributed by atoms with Crippen molar-refractivity contribution in [2.75, 3.05) is 11.0 Å². The van der Waals surface area contributed by atoms with E-state index in [1.165, 1.54) is 4.70 Å². The average Bonchev–Trinajstić information content (AvgIpc) is 3.25. The second-order valence-electron chi connectivity index (χ2n) is 8.44. The first-order valence-electron chi connectivity index (χ1n) is 11.4. The summed E-state index contributed by atoms with van der Waals surface area (Å²) >= 11 is 1.68. The topological polar surface area (TPSA) is 75.6 Å². The van der Waals surface area contributed by atoms with Crippen LogP contribution in [-0.4, -0.2) is 21.5 Å². The second-order valence-corrected chi connectivity index (χ2v) is 10.5. The number of benzene rings is 3. The molecule has 2 unspecified atom stereocenters. The van der Waals surface area contributed by atoms with E-state index in [2.05, 4.69) is 53.1 Å². The molecule has 0 saturated heterocycles. The Bertz CT molecular complexity index is 1480. The summed E-state index contributed by atoms with van der Waals surface area (Å²) in [5.74, 6) is 5.28. The Kier molecular flexibility index (Phi) is 8.09. The van der Waals surface area contributed by atoms with Gasteiger partial charge in [0, 0.05) is 27.5 Å². The number of nitrogens with one attached hydrogen (secondary N) is 1. The van der Waals surface area contributed by atoms with Gasteiger partial charge in [0.25, 0.3) is 0 Å². The van der Waals surface area contributed by atoms with Crippen molar-refractivity contribution in [3.05, 3.63) is 82.7 Å². The highest BCUT2D eigenvalue weighted by atomic mass is 32.2. The largest absolute Gasteiger partial charge is 0.489 e. The van der Waals surface area contributed by atoms with Crippen molar-refractivity contribution in [3.8, 4) is 28.7 Å². The minimum Gasteiger partial charge on any atom is -0.489 e. The van der Waals surface area contributed by atoms with E-state index in [-0.39, 0.29) is 12.3 Å². The predicted octanol–water partition coefficient (Wildman–Crippen LogP) is 6.74. The Morgan fingerprint density at radius 2 is 1.94 bits per heavy atom. The lowest BCUT2D eigenvalue weighted by Gasteiger charge is -2.13. The van der Waals surface area contributed by atoms with E-state index in [1.54, 1.807) is 24.5 Å². The Hall–Kier alpha value is -3.60. The third kappa shape index (κ3) is 5.96. The van der Waals surface area contributed by atoms with Crippen LogP contribution in [0.2, 0.25) is 0 Å². The molecule has 0 aliphatic heterocycles. The summed E-state index contributed by atoms with van der Waals surface area (Å²) in [6.07, 6.45) is 1.60. The van der Waals surface area contributed by atoms with E-state index >= 15 is 0 Å². The van der Waals surface area contributed by atoms with Gasteiger partial charge in [0.15, 0.2) is 0 Å². The van der Waals surface area contributed by atoms with Gasteiger partial charge in [0.05, 0.1) is 18.0 Å². The van der Waals surface area contributed by atoms with E-state index in [4.69, 9.17) is 9.84 Å². The quantitative estimate of drug-likeness (QED) is 0.241. The molecule has 2 N–H and O–H groups in total. The monoisotopic (exact) mass is 517 g/mol. The molecule has 0 radical (unpaired) electrons. The van der Waals surface area contributed by atoms with Crippen molar-refractivity contribution >= 4 is 44.1 Å². The molecular weight excluding hydrogens is 490 g/mol. The van der Waals surface area contributed by atoms with Gasteiger partial charge in [-0.3, -0.25) is 4.79 Å². The molecule has 0 fully saturated rings. The highest BCUT2D eigenvalue weighted by Crippen LogP contribution is 2.40. The van der Waals surface area contributed by atoms with Crippen molar-refractivity contribution in [2.45, 2.75) is 32.8 Å². The smallest absolute Gasteiger partial charge is 0.304 e. The molecule has 0 bridgehead atoms. The first-order chi connectivity index (χ1) is 17.4. The molecule has 0 aliphatic rings. The molecule has 5 nitrogen and oxygen atoms in total. The number of aryl methyl sites for hydroxylation is 1. The minimum absolute atomic E-state index is 0.0314. The van der Waals surface area contributed by atoms with Gasteiger partial charge < -0.3 is 14.6 Å². The van der Waals surface area contributed by atoms with Crippen molar-refractivity contribution in [1.29, 1.82) is 0 Å². The SMILES string of the molecule is CC#CC(CC(=O)O)c1ccc(OCc2ccc3scc(-c4c(C)cccc4NS(C)=O)c3c2)cc1. The van der Waals surface area contributed by atoms with Crippen LogP contribution in [0.5, 0.6) is 5.75 Å². The number of aliphatic carboxylic acids is 1. The van der Waals surface area contributed by atoms with Crippen LogP contribution in [0, 0.1) is 18.8 Å². The molecule has 36 heavy (non-hydrogen) atoms. The number of rotatable bonds is 9. The molecule has 2 atom stereocenters. The Morgan fingerprint density at radius 3 is 2.64 bits per heavy atom. The number of thiophene rings is 1. The van der Waals surface area contributed by atoms with Gasteiger partial charge in [0.1, 0.15) is 23.3 Å². The lowest BCUT2D eigenvalue weighted by molar-refractivity contribution is -0.137. The third-order valence-electron chi connectivity index (χ3n) is 5.82. The molecule has 0 aliphatic carbocycles. The fraction of sp³-hybridized carbons (Fsp3) is 0.207. The molecular formula is C29H27NO4S2. The number of fused-ring (bicyclic) bond motifs is 1. The van der Waals surface area contributed by atoms with Crippen molar-refractivity contribution in [1.82, 2.24) is 0 Å². The van der Waals surface area contributed by atoms with E-state index in [0.717, 1.165) is 38.9 Å². The molecule has 3 aromatic carbocycles. The lowest BCUT2D eigenvalue weighted by atomic mass is 9.96. The molecule has 184 valence electrons. The van der Waals surface area contributed by atoms with Crippen molar-refractivity contribution in [3.63, 3.8) is 0 Å². The molecule has 4 aromatic rings. The number of anilines is 1. The van der Waals surface area contributed by atoms with Crippen LogP contribution in [-0.2, 0) is 22.4 Å². The number of ether oxygens (including phenoxy) is 1. The molecule has 0 saturated carbocycles. The fourth-order valence-corrected chi connectivity index (χ4v) is 5.60. The molecule has 1 heterocycles. The second kappa shape index (κ2) is 11.4. The van der Waals surface area contributed by atoms with E-state index in [9.17, 15) is 9.00 Å². The van der Waals surface area contributed by atoms with Crippen LogP contribution in [0.25, 0.3) is 21.2 Å². The zero-order valence-corrected chi connectivity index (χ0v) is 22.0. The van der Waals surface area contributed by atoms with Gasteiger partial charge in [-0.1, -0.05) is 36.3 Å². The number of carboxylic acid groups (broad SMARTS) is 1. The molecule has 4 rings (SSSR count). The van der Waals surface area contributed by atoms with Crippen LogP contribution in [0.3, 0.4) is 0 Å². The molecule has 0 spiro atoms. The molecule has 7 heteroatoms. The van der Waals surface area contributed by atoms with Crippen LogP contribution in [0.4, 0.5) is 5.69 Å². The van der Waals surface area contributed by atoms with Gasteiger partial charge in [-0.2, -0.15) is 0 Å². The highest BCUT2D eigenvalue weighted by Gasteiger charge is 2.15. The van der Waals surface area contributed by atoms with E-state index in [0.29, 0.717) is 12.4 Å². The van der Waals surface area contributed by atoms with Gasteiger partial charge in [-0.25, -0.2) is 4.21 Å². The van der Waals surface area contributed by atoms with Crippen molar-refractivity contribution in [2.24, 2.45) is 0 Å². The Morgan fingerprint density at radius 1 is 1.17 bits per heavy atom. The van der Waals surface area contributed by atoms with Crippen LogP contribution >= 0.6 is 11.3 Å².